The van der Waals surface area contributed by atoms with Gasteiger partial charge in [0.05, 0.1) is 39.9 Å². The molecular weight excluding hydrogens is 517 g/mol. The predicted octanol–water partition coefficient (Wildman–Crippen LogP) is 6.85. The summed E-state index contributed by atoms with van der Waals surface area (Å²) < 4.78 is 46.3. The van der Waals surface area contributed by atoms with Gasteiger partial charge in [0.1, 0.15) is 5.75 Å². The standard InChI is InChI=1S/C31H27F3N4O2/c1-5-19-14-20(7-13-27(19)40-18-31(32,33)34)21-6-12-25-24(15-21)28-26(16-36-25)37(4)29(39)38(28)23-10-8-22(9-11-23)30(2,3)17-35/h6-16H,5,18H2,1-4H3. The van der Waals surface area contributed by atoms with Crippen molar-refractivity contribution in [3.8, 4) is 28.6 Å². The average molecular weight is 545 g/mol. The molecule has 0 radical (unpaired) electrons. The zero-order valence-electron chi connectivity index (χ0n) is 22.5. The number of rotatable bonds is 6. The van der Waals surface area contributed by atoms with E-state index in [2.05, 4.69) is 11.1 Å². The number of ether oxygens (including phenoxy) is 1. The number of pyridine rings is 1. The van der Waals surface area contributed by atoms with Gasteiger partial charge >= 0.3 is 11.9 Å². The predicted molar refractivity (Wildman–Crippen MR) is 149 cm³/mol. The summed E-state index contributed by atoms with van der Waals surface area (Å²) in [5, 5.41) is 10.3. The summed E-state index contributed by atoms with van der Waals surface area (Å²) in [6.45, 7) is 4.19. The number of fused-ring (bicyclic) bond motifs is 3. The summed E-state index contributed by atoms with van der Waals surface area (Å²) in [5.74, 6) is 0.202. The molecule has 0 amide bonds. The van der Waals surface area contributed by atoms with Crippen molar-refractivity contribution in [2.45, 2.75) is 38.8 Å². The Morgan fingerprint density at radius 2 is 1.68 bits per heavy atom. The van der Waals surface area contributed by atoms with Crippen LogP contribution in [0.25, 0.3) is 38.8 Å². The molecule has 2 aromatic heterocycles. The fourth-order valence-corrected chi connectivity index (χ4v) is 4.84. The second-order valence-electron chi connectivity index (χ2n) is 10.3. The fourth-order valence-electron chi connectivity index (χ4n) is 4.84. The maximum atomic E-state index is 13.4. The molecule has 0 aliphatic rings. The van der Waals surface area contributed by atoms with E-state index in [1.165, 1.54) is 0 Å². The lowest BCUT2D eigenvalue weighted by atomic mass is 9.86. The van der Waals surface area contributed by atoms with Crippen molar-refractivity contribution < 1.29 is 17.9 Å². The summed E-state index contributed by atoms with van der Waals surface area (Å²) in [5.41, 5.74) is 4.93. The van der Waals surface area contributed by atoms with Crippen LogP contribution in [-0.4, -0.2) is 26.9 Å². The van der Waals surface area contributed by atoms with Crippen molar-refractivity contribution in [2.24, 2.45) is 7.05 Å². The second-order valence-corrected chi connectivity index (χ2v) is 10.3. The van der Waals surface area contributed by atoms with E-state index in [0.29, 0.717) is 34.2 Å². The topological polar surface area (TPSA) is 72.8 Å². The van der Waals surface area contributed by atoms with Crippen molar-refractivity contribution >= 4 is 21.9 Å². The molecule has 2 heterocycles. The lowest BCUT2D eigenvalue weighted by Crippen LogP contribution is -2.21. The Labute approximate surface area is 228 Å². The van der Waals surface area contributed by atoms with E-state index in [9.17, 15) is 23.2 Å². The first-order valence-corrected chi connectivity index (χ1v) is 12.8. The average Bonchev–Trinajstić information content (AvgIpc) is 3.21. The molecule has 5 aromatic rings. The van der Waals surface area contributed by atoms with E-state index in [1.807, 2.05) is 69.3 Å². The first-order valence-electron chi connectivity index (χ1n) is 12.8. The molecule has 9 heteroatoms. The van der Waals surface area contributed by atoms with Crippen molar-refractivity contribution in [1.29, 1.82) is 5.26 Å². The summed E-state index contributed by atoms with van der Waals surface area (Å²) in [6, 6.07) is 20.5. The molecule has 0 atom stereocenters. The van der Waals surface area contributed by atoms with Crippen LogP contribution in [0.2, 0.25) is 0 Å². The number of benzene rings is 3. The molecule has 0 spiro atoms. The minimum absolute atomic E-state index is 0.202. The van der Waals surface area contributed by atoms with E-state index in [4.69, 9.17) is 4.74 Å². The molecule has 40 heavy (non-hydrogen) atoms. The van der Waals surface area contributed by atoms with Crippen LogP contribution in [0.4, 0.5) is 13.2 Å². The van der Waals surface area contributed by atoms with E-state index in [0.717, 1.165) is 22.1 Å². The molecule has 5 rings (SSSR count). The Bertz CT molecular complexity index is 1840. The van der Waals surface area contributed by atoms with Gasteiger partial charge in [0.15, 0.2) is 6.61 Å². The number of imidazole rings is 1. The minimum Gasteiger partial charge on any atom is -0.484 e. The van der Waals surface area contributed by atoms with Crippen molar-refractivity contribution in [3.63, 3.8) is 0 Å². The molecule has 3 aromatic carbocycles. The number of nitriles is 1. The lowest BCUT2D eigenvalue weighted by Gasteiger charge is -2.16. The minimum atomic E-state index is -4.42. The van der Waals surface area contributed by atoms with E-state index >= 15 is 0 Å². The molecule has 0 N–H and O–H groups in total. The molecule has 0 aliphatic heterocycles. The molecule has 204 valence electrons. The van der Waals surface area contributed by atoms with Gasteiger partial charge in [-0.15, -0.1) is 0 Å². The van der Waals surface area contributed by atoms with Crippen LogP contribution in [0.3, 0.4) is 0 Å². The van der Waals surface area contributed by atoms with Crippen LogP contribution in [0.1, 0.15) is 31.9 Å². The van der Waals surface area contributed by atoms with Crippen LogP contribution in [-0.2, 0) is 18.9 Å². The van der Waals surface area contributed by atoms with E-state index in [-0.39, 0.29) is 11.4 Å². The maximum Gasteiger partial charge on any atom is 0.422 e. The number of aryl methyl sites for hydroxylation is 2. The summed E-state index contributed by atoms with van der Waals surface area (Å²) in [6.07, 6.45) is -2.25. The van der Waals surface area contributed by atoms with Gasteiger partial charge in [-0.05, 0) is 78.9 Å². The molecule has 0 fully saturated rings. The first-order chi connectivity index (χ1) is 18.9. The molecular formula is C31H27F3N4O2. The third kappa shape index (κ3) is 4.81. The maximum absolute atomic E-state index is 13.4. The van der Waals surface area contributed by atoms with Gasteiger partial charge in [0.2, 0.25) is 0 Å². The lowest BCUT2D eigenvalue weighted by molar-refractivity contribution is -0.153. The number of halogens is 3. The zero-order chi connectivity index (χ0) is 28.8. The Morgan fingerprint density at radius 1 is 1.00 bits per heavy atom. The Kier molecular flexibility index (Phi) is 6.66. The summed E-state index contributed by atoms with van der Waals surface area (Å²) in [4.78, 5) is 18.0. The number of hydrogen-bond acceptors (Lipinski definition) is 4. The molecule has 0 saturated heterocycles. The SMILES string of the molecule is CCc1cc(-c2ccc3ncc4c(c3c2)n(-c2ccc(C(C)(C)C#N)cc2)c(=O)n4C)ccc1OCC(F)(F)F. The highest BCUT2D eigenvalue weighted by atomic mass is 19.4. The smallest absolute Gasteiger partial charge is 0.422 e. The van der Waals surface area contributed by atoms with Gasteiger partial charge in [-0.25, -0.2) is 4.79 Å². The Morgan fingerprint density at radius 3 is 2.33 bits per heavy atom. The number of aromatic nitrogens is 3. The summed E-state index contributed by atoms with van der Waals surface area (Å²) in [7, 11) is 1.69. The quantitative estimate of drug-likeness (QED) is 0.234. The van der Waals surface area contributed by atoms with Gasteiger partial charge in [-0.3, -0.25) is 14.1 Å². The van der Waals surface area contributed by atoms with Crippen LogP contribution >= 0.6 is 0 Å². The number of alkyl halides is 3. The monoisotopic (exact) mass is 544 g/mol. The Balaban J connectivity index is 1.66. The second kappa shape index (κ2) is 9.87. The number of hydrogen-bond donors (Lipinski definition) is 0. The zero-order valence-corrected chi connectivity index (χ0v) is 22.5. The normalized spacial score (nSPS) is 12.2. The first kappa shape index (κ1) is 27.0. The van der Waals surface area contributed by atoms with Gasteiger partial charge in [0.25, 0.3) is 0 Å². The van der Waals surface area contributed by atoms with Crippen molar-refractivity contribution in [1.82, 2.24) is 14.1 Å². The van der Waals surface area contributed by atoms with Crippen LogP contribution < -0.4 is 10.4 Å². The summed E-state index contributed by atoms with van der Waals surface area (Å²) >= 11 is 0. The third-order valence-electron chi connectivity index (χ3n) is 7.18. The molecule has 0 aliphatic carbocycles. The molecule has 0 bridgehead atoms. The third-order valence-corrected chi connectivity index (χ3v) is 7.18. The van der Waals surface area contributed by atoms with Gasteiger partial charge in [-0.1, -0.05) is 31.2 Å². The fraction of sp³-hybridized carbons (Fsp3) is 0.258. The largest absolute Gasteiger partial charge is 0.484 e. The highest BCUT2D eigenvalue weighted by molar-refractivity contribution is 6.04. The molecule has 6 nitrogen and oxygen atoms in total. The number of nitrogens with zero attached hydrogens (tertiary/aromatic N) is 4. The molecule has 0 saturated carbocycles. The van der Waals surface area contributed by atoms with Crippen LogP contribution in [0.5, 0.6) is 5.75 Å². The van der Waals surface area contributed by atoms with Gasteiger partial charge in [0, 0.05) is 12.4 Å². The highest BCUT2D eigenvalue weighted by Gasteiger charge is 2.29. The van der Waals surface area contributed by atoms with Crippen molar-refractivity contribution in [2.75, 3.05) is 6.61 Å². The van der Waals surface area contributed by atoms with E-state index in [1.54, 1.807) is 34.5 Å². The van der Waals surface area contributed by atoms with Gasteiger partial charge < -0.3 is 4.74 Å². The van der Waals surface area contributed by atoms with Gasteiger partial charge in [-0.2, -0.15) is 18.4 Å². The molecule has 0 unspecified atom stereocenters. The van der Waals surface area contributed by atoms with Crippen LogP contribution in [0, 0.1) is 11.3 Å². The van der Waals surface area contributed by atoms with Crippen molar-refractivity contribution in [3.05, 3.63) is 88.5 Å². The van der Waals surface area contributed by atoms with Crippen LogP contribution in [0.15, 0.2) is 71.7 Å². The highest BCUT2D eigenvalue weighted by Crippen LogP contribution is 2.33. The Hall–Kier alpha value is -4.58. The van der Waals surface area contributed by atoms with E-state index < -0.39 is 18.2 Å².